The molecule has 0 aromatic carbocycles. The van der Waals surface area contributed by atoms with Crippen LogP contribution in [0.15, 0.2) is 0 Å². The first-order valence-corrected chi connectivity index (χ1v) is 4.75. The van der Waals surface area contributed by atoms with E-state index in [1.807, 2.05) is 6.92 Å². The molecule has 1 fully saturated rings. The summed E-state index contributed by atoms with van der Waals surface area (Å²) in [5.74, 6) is -0.132. The van der Waals surface area contributed by atoms with Crippen LogP contribution in [0.25, 0.3) is 0 Å². The van der Waals surface area contributed by atoms with Gasteiger partial charge in [0, 0.05) is 12.3 Å². The summed E-state index contributed by atoms with van der Waals surface area (Å²) in [5, 5.41) is 9.45. The van der Waals surface area contributed by atoms with Gasteiger partial charge in [-0.1, -0.05) is 0 Å². The number of aliphatic hydroxyl groups is 1. The topological polar surface area (TPSA) is 29.5 Å². The van der Waals surface area contributed by atoms with Crippen LogP contribution in [-0.2, 0) is 4.74 Å². The van der Waals surface area contributed by atoms with Gasteiger partial charge >= 0.3 is 6.18 Å². The Morgan fingerprint density at radius 2 is 2.14 bits per heavy atom. The van der Waals surface area contributed by atoms with Crippen LogP contribution < -0.4 is 0 Å². The predicted octanol–water partition coefficient (Wildman–Crippen LogP) is 2.11. The van der Waals surface area contributed by atoms with E-state index in [9.17, 15) is 18.3 Å². The molecule has 0 radical (unpaired) electrons. The lowest BCUT2D eigenvalue weighted by Gasteiger charge is -2.17. The molecule has 0 bridgehead atoms. The average Bonchev–Trinajstić information content (AvgIpc) is 2.46. The Hall–Kier alpha value is -0.290. The summed E-state index contributed by atoms with van der Waals surface area (Å²) in [6.07, 6.45) is -5.49. The molecule has 0 saturated carbocycles. The van der Waals surface area contributed by atoms with Crippen molar-refractivity contribution in [3.63, 3.8) is 0 Å². The number of aliphatic hydroxyl groups excluding tert-OH is 1. The Balaban J connectivity index is 2.25. The van der Waals surface area contributed by atoms with Crippen molar-refractivity contribution < 1.29 is 23.0 Å². The van der Waals surface area contributed by atoms with E-state index in [1.165, 1.54) is 0 Å². The van der Waals surface area contributed by atoms with E-state index in [-0.39, 0.29) is 18.4 Å². The van der Waals surface area contributed by atoms with E-state index in [1.54, 1.807) is 0 Å². The summed E-state index contributed by atoms with van der Waals surface area (Å²) in [7, 11) is 0. The summed E-state index contributed by atoms with van der Waals surface area (Å²) in [5.41, 5.74) is 0. The fraction of sp³-hybridized carbons (Fsp3) is 1.00. The minimum atomic E-state index is -4.17. The highest BCUT2D eigenvalue weighted by molar-refractivity contribution is 4.77. The second-order valence-corrected chi connectivity index (χ2v) is 3.86. The first kappa shape index (κ1) is 11.8. The van der Waals surface area contributed by atoms with Gasteiger partial charge in [0.2, 0.25) is 0 Å². The van der Waals surface area contributed by atoms with Crippen molar-refractivity contribution in [2.24, 2.45) is 5.92 Å². The highest BCUT2D eigenvalue weighted by Crippen LogP contribution is 2.28. The maximum Gasteiger partial charge on any atom is 0.389 e. The molecule has 0 aromatic rings. The molecule has 0 aromatic heterocycles. The number of halogens is 3. The van der Waals surface area contributed by atoms with Crippen LogP contribution in [0.3, 0.4) is 0 Å². The molecule has 0 aliphatic carbocycles. The second kappa shape index (κ2) is 4.49. The third kappa shape index (κ3) is 3.84. The number of hydrogen-bond acceptors (Lipinski definition) is 2. The molecule has 1 N–H and O–H groups in total. The van der Waals surface area contributed by atoms with Crippen LogP contribution in [0.1, 0.15) is 26.2 Å². The zero-order valence-corrected chi connectivity index (χ0v) is 8.05. The van der Waals surface area contributed by atoms with Gasteiger partial charge in [-0.15, -0.1) is 0 Å². The van der Waals surface area contributed by atoms with Gasteiger partial charge in [-0.2, -0.15) is 13.2 Å². The van der Waals surface area contributed by atoms with E-state index in [0.717, 1.165) is 0 Å². The zero-order chi connectivity index (χ0) is 10.8. The molecule has 1 aliphatic rings. The molecule has 2 nitrogen and oxygen atoms in total. The first-order valence-electron chi connectivity index (χ1n) is 4.75. The minimum absolute atomic E-state index is 0.0561. The van der Waals surface area contributed by atoms with Gasteiger partial charge in [-0.25, -0.2) is 0 Å². The molecule has 1 rings (SSSR count). The van der Waals surface area contributed by atoms with E-state index >= 15 is 0 Å². The Morgan fingerprint density at radius 1 is 1.50 bits per heavy atom. The van der Waals surface area contributed by atoms with Gasteiger partial charge in [-0.05, 0) is 19.8 Å². The van der Waals surface area contributed by atoms with Crippen molar-refractivity contribution >= 4 is 0 Å². The summed E-state index contributed by atoms with van der Waals surface area (Å²) in [6.45, 7) is 2.23. The van der Waals surface area contributed by atoms with Gasteiger partial charge in [0.1, 0.15) is 0 Å². The standard InChI is InChI=1S/C9H15F3O2/c1-6-4-7(5-14-6)8(13)2-3-9(10,11)12/h6-8,13H,2-5H2,1H3. The first-order chi connectivity index (χ1) is 6.38. The highest BCUT2D eigenvalue weighted by Gasteiger charge is 2.33. The fourth-order valence-electron chi connectivity index (χ4n) is 1.67. The fourth-order valence-corrected chi connectivity index (χ4v) is 1.67. The zero-order valence-electron chi connectivity index (χ0n) is 8.05. The molecule has 0 amide bonds. The number of alkyl halides is 3. The van der Waals surface area contributed by atoms with Crippen LogP contribution >= 0.6 is 0 Å². The third-order valence-corrected chi connectivity index (χ3v) is 2.50. The second-order valence-electron chi connectivity index (χ2n) is 3.86. The van der Waals surface area contributed by atoms with Crippen molar-refractivity contribution in [2.75, 3.05) is 6.61 Å². The summed E-state index contributed by atoms with van der Waals surface area (Å²) >= 11 is 0. The Morgan fingerprint density at radius 3 is 2.57 bits per heavy atom. The molecule has 0 spiro atoms. The normalized spacial score (nSPS) is 30.6. The van der Waals surface area contributed by atoms with Crippen molar-refractivity contribution in [1.29, 1.82) is 0 Å². The molecule has 5 heteroatoms. The van der Waals surface area contributed by atoms with Gasteiger partial charge in [0.15, 0.2) is 0 Å². The van der Waals surface area contributed by atoms with Crippen molar-refractivity contribution in [3.8, 4) is 0 Å². The van der Waals surface area contributed by atoms with Crippen LogP contribution in [-0.4, -0.2) is 30.1 Å². The van der Waals surface area contributed by atoms with Crippen LogP contribution in [0.4, 0.5) is 13.2 Å². The minimum Gasteiger partial charge on any atom is -0.393 e. The quantitative estimate of drug-likeness (QED) is 0.776. The Bertz CT molecular complexity index is 181. The monoisotopic (exact) mass is 212 g/mol. The third-order valence-electron chi connectivity index (χ3n) is 2.50. The summed E-state index contributed by atoms with van der Waals surface area (Å²) in [4.78, 5) is 0. The van der Waals surface area contributed by atoms with Crippen LogP contribution in [0.2, 0.25) is 0 Å². The molecule has 3 atom stereocenters. The molecular weight excluding hydrogens is 197 g/mol. The lowest BCUT2D eigenvalue weighted by Crippen LogP contribution is -2.23. The van der Waals surface area contributed by atoms with Gasteiger partial charge in [0.05, 0.1) is 18.8 Å². The summed E-state index contributed by atoms with van der Waals surface area (Å²) < 4.78 is 40.7. The average molecular weight is 212 g/mol. The number of ether oxygens (including phenoxy) is 1. The number of rotatable bonds is 3. The SMILES string of the molecule is CC1CC(C(O)CCC(F)(F)F)CO1. The molecule has 14 heavy (non-hydrogen) atoms. The Kier molecular flexibility index (Phi) is 3.78. The van der Waals surface area contributed by atoms with Gasteiger partial charge in [-0.3, -0.25) is 0 Å². The predicted molar refractivity (Wildman–Crippen MR) is 44.8 cm³/mol. The molecule has 84 valence electrons. The molecule has 1 heterocycles. The van der Waals surface area contributed by atoms with Crippen molar-refractivity contribution in [1.82, 2.24) is 0 Å². The van der Waals surface area contributed by atoms with Crippen molar-refractivity contribution in [2.45, 2.75) is 44.6 Å². The van der Waals surface area contributed by atoms with Gasteiger partial charge in [0.25, 0.3) is 0 Å². The smallest absolute Gasteiger partial charge is 0.389 e. The highest BCUT2D eigenvalue weighted by atomic mass is 19.4. The van der Waals surface area contributed by atoms with Crippen LogP contribution in [0, 0.1) is 5.92 Å². The maximum atomic E-state index is 11.8. The van der Waals surface area contributed by atoms with E-state index in [2.05, 4.69) is 0 Å². The summed E-state index contributed by atoms with van der Waals surface area (Å²) in [6, 6.07) is 0. The molecular formula is C9H15F3O2. The lowest BCUT2D eigenvalue weighted by molar-refractivity contribution is -0.141. The van der Waals surface area contributed by atoms with E-state index in [0.29, 0.717) is 13.0 Å². The number of hydrogen-bond donors (Lipinski definition) is 1. The maximum absolute atomic E-state index is 11.8. The van der Waals surface area contributed by atoms with E-state index in [4.69, 9.17) is 4.74 Å². The Labute approximate surface area is 81.1 Å². The van der Waals surface area contributed by atoms with Gasteiger partial charge < -0.3 is 9.84 Å². The van der Waals surface area contributed by atoms with E-state index < -0.39 is 18.7 Å². The molecule has 1 saturated heterocycles. The lowest BCUT2D eigenvalue weighted by atomic mass is 9.96. The van der Waals surface area contributed by atoms with Crippen molar-refractivity contribution in [3.05, 3.63) is 0 Å². The largest absolute Gasteiger partial charge is 0.393 e. The van der Waals surface area contributed by atoms with Crippen LogP contribution in [0.5, 0.6) is 0 Å². The molecule has 1 aliphatic heterocycles. The molecule has 3 unspecified atom stereocenters.